The Labute approximate surface area is 147 Å². The number of hydrogen-bond acceptors (Lipinski definition) is 4. The van der Waals surface area contributed by atoms with Crippen molar-refractivity contribution >= 4 is 23.1 Å². The van der Waals surface area contributed by atoms with Crippen LogP contribution in [0.25, 0.3) is 0 Å². The molecule has 0 spiro atoms. The van der Waals surface area contributed by atoms with Crippen LogP contribution in [0.1, 0.15) is 18.2 Å². The number of aromatic nitrogens is 1. The van der Waals surface area contributed by atoms with Gasteiger partial charge in [0.25, 0.3) is 0 Å². The van der Waals surface area contributed by atoms with Gasteiger partial charge in [0.15, 0.2) is 0 Å². The summed E-state index contributed by atoms with van der Waals surface area (Å²) in [5, 5.41) is 10.2. The molecule has 2 aromatic rings. The lowest BCUT2D eigenvalue weighted by Gasteiger charge is -2.36. The van der Waals surface area contributed by atoms with E-state index in [2.05, 4.69) is 22.8 Å². The Morgan fingerprint density at radius 3 is 2.42 bits per heavy atom. The summed E-state index contributed by atoms with van der Waals surface area (Å²) in [5.41, 5.74) is 8.61. The normalized spacial score (nSPS) is 15.5. The first kappa shape index (κ1) is 16.7. The number of hydrogen-bond donors (Lipinski definition) is 1. The molecular weight excluding hydrogens is 322 g/mol. The minimum absolute atomic E-state index is 0.593. The Balaban J connectivity index is 1.90. The first-order chi connectivity index (χ1) is 11.6. The second-order valence-electron chi connectivity index (χ2n) is 6.05. The first-order valence-electron chi connectivity index (χ1n) is 8.23. The fourth-order valence-corrected chi connectivity index (χ4v) is 3.34. The zero-order chi connectivity index (χ0) is 17.1. The van der Waals surface area contributed by atoms with Crippen LogP contribution in [-0.4, -0.2) is 42.2 Å². The van der Waals surface area contributed by atoms with E-state index in [4.69, 9.17) is 17.3 Å². The van der Waals surface area contributed by atoms with Crippen molar-refractivity contribution in [1.29, 1.82) is 5.26 Å². The molecule has 0 amide bonds. The van der Waals surface area contributed by atoms with Gasteiger partial charge in [-0.25, -0.2) is 0 Å². The maximum atomic E-state index is 9.48. The summed E-state index contributed by atoms with van der Waals surface area (Å²) in [6.07, 6.45) is 0. The van der Waals surface area contributed by atoms with Gasteiger partial charge in [0.05, 0.1) is 12.2 Å². The van der Waals surface area contributed by atoms with Gasteiger partial charge in [-0.3, -0.25) is 0 Å². The van der Waals surface area contributed by atoms with Crippen LogP contribution in [0.4, 0.5) is 11.5 Å². The van der Waals surface area contributed by atoms with Crippen LogP contribution in [0, 0.1) is 11.3 Å². The molecule has 5 nitrogen and oxygen atoms in total. The molecule has 2 N–H and O–H groups in total. The second kappa shape index (κ2) is 7.16. The third-order valence-corrected chi connectivity index (χ3v) is 4.84. The van der Waals surface area contributed by atoms with Crippen LogP contribution >= 0.6 is 11.6 Å². The molecule has 6 heteroatoms. The molecule has 0 saturated carbocycles. The van der Waals surface area contributed by atoms with Gasteiger partial charge in [-0.15, -0.1) is 0 Å². The lowest BCUT2D eigenvalue weighted by atomic mass is 10.2. The first-order valence-corrected chi connectivity index (χ1v) is 8.61. The number of halogens is 1. The zero-order valence-corrected chi connectivity index (χ0v) is 14.6. The van der Waals surface area contributed by atoms with E-state index in [1.165, 1.54) is 0 Å². The third-order valence-electron chi connectivity index (χ3n) is 4.58. The van der Waals surface area contributed by atoms with E-state index in [1.807, 2.05) is 28.8 Å². The number of nitriles is 1. The quantitative estimate of drug-likeness (QED) is 0.927. The highest BCUT2D eigenvalue weighted by Crippen LogP contribution is 2.30. The molecule has 3 rings (SSSR count). The smallest absolute Gasteiger partial charge is 0.133 e. The van der Waals surface area contributed by atoms with Crippen LogP contribution in [0.3, 0.4) is 0 Å². The SMILES string of the molecule is CCN1CCN(c2c(N)cc(C#N)n2Cc2ccc(Cl)cc2)CC1. The second-order valence-corrected chi connectivity index (χ2v) is 6.49. The van der Waals surface area contributed by atoms with Gasteiger partial charge in [-0.05, 0) is 30.3 Å². The van der Waals surface area contributed by atoms with Crippen molar-refractivity contribution in [2.75, 3.05) is 43.4 Å². The topological polar surface area (TPSA) is 61.2 Å². The maximum absolute atomic E-state index is 9.48. The largest absolute Gasteiger partial charge is 0.396 e. The molecule has 1 aromatic heterocycles. The molecule has 1 aliphatic heterocycles. The van der Waals surface area contributed by atoms with Crippen LogP contribution in [-0.2, 0) is 6.54 Å². The molecule has 1 fully saturated rings. The lowest BCUT2D eigenvalue weighted by molar-refractivity contribution is 0.270. The van der Waals surface area contributed by atoms with Crippen molar-refractivity contribution in [3.8, 4) is 6.07 Å². The number of nitrogens with two attached hydrogens (primary N) is 1. The summed E-state index contributed by atoms with van der Waals surface area (Å²) >= 11 is 5.97. The fourth-order valence-electron chi connectivity index (χ4n) is 3.21. The Bertz CT molecular complexity index is 736. The van der Waals surface area contributed by atoms with Crippen molar-refractivity contribution in [3.05, 3.63) is 46.6 Å². The fraction of sp³-hybridized carbons (Fsp3) is 0.389. The van der Waals surface area contributed by atoms with Crippen LogP contribution in [0.15, 0.2) is 30.3 Å². The highest BCUT2D eigenvalue weighted by Gasteiger charge is 2.23. The van der Waals surface area contributed by atoms with Gasteiger partial charge >= 0.3 is 0 Å². The molecule has 0 unspecified atom stereocenters. The molecule has 1 aromatic carbocycles. The number of nitrogens with zero attached hydrogens (tertiary/aromatic N) is 4. The standard InChI is InChI=1S/C18H22ClN5/c1-2-22-7-9-23(10-8-22)18-17(21)11-16(12-20)24(18)13-14-3-5-15(19)6-4-14/h3-6,11H,2,7-10,13,21H2,1H3. The van der Waals surface area contributed by atoms with Crippen molar-refractivity contribution < 1.29 is 0 Å². The Hall–Kier alpha value is -2.16. The van der Waals surface area contributed by atoms with Gasteiger partial charge in [-0.1, -0.05) is 30.7 Å². The molecule has 24 heavy (non-hydrogen) atoms. The molecule has 1 saturated heterocycles. The molecule has 0 aliphatic carbocycles. The Morgan fingerprint density at radius 2 is 1.83 bits per heavy atom. The van der Waals surface area contributed by atoms with Gasteiger partial charge in [0, 0.05) is 31.2 Å². The van der Waals surface area contributed by atoms with Gasteiger partial charge in [0.2, 0.25) is 0 Å². The van der Waals surface area contributed by atoms with Crippen molar-refractivity contribution in [3.63, 3.8) is 0 Å². The average molecular weight is 344 g/mol. The van der Waals surface area contributed by atoms with Gasteiger partial charge in [0.1, 0.15) is 17.6 Å². The van der Waals surface area contributed by atoms with E-state index >= 15 is 0 Å². The van der Waals surface area contributed by atoms with E-state index in [1.54, 1.807) is 6.07 Å². The Kier molecular flexibility index (Phi) is 4.98. The van der Waals surface area contributed by atoms with E-state index in [9.17, 15) is 5.26 Å². The predicted molar refractivity (Wildman–Crippen MR) is 98.4 cm³/mol. The summed E-state index contributed by atoms with van der Waals surface area (Å²) in [4.78, 5) is 4.71. The molecule has 0 bridgehead atoms. The number of rotatable bonds is 4. The summed E-state index contributed by atoms with van der Waals surface area (Å²) in [6.45, 7) is 7.75. The average Bonchev–Trinajstić information content (AvgIpc) is 2.92. The van der Waals surface area contributed by atoms with E-state index < -0.39 is 0 Å². The number of piperazine rings is 1. The van der Waals surface area contributed by atoms with Crippen LogP contribution in [0.2, 0.25) is 5.02 Å². The van der Waals surface area contributed by atoms with Crippen LogP contribution < -0.4 is 10.6 Å². The summed E-state index contributed by atoms with van der Waals surface area (Å²) in [6, 6.07) is 11.8. The summed E-state index contributed by atoms with van der Waals surface area (Å²) in [7, 11) is 0. The van der Waals surface area contributed by atoms with E-state index in [0.29, 0.717) is 22.9 Å². The lowest BCUT2D eigenvalue weighted by Crippen LogP contribution is -2.47. The van der Waals surface area contributed by atoms with Crippen LogP contribution in [0.5, 0.6) is 0 Å². The monoisotopic (exact) mass is 343 g/mol. The van der Waals surface area contributed by atoms with E-state index in [0.717, 1.165) is 44.1 Å². The summed E-state index contributed by atoms with van der Waals surface area (Å²) in [5.74, 6) is 0.956. The minimum Gasteiger partial charge on any atom is -0.396 e. The maximum Gasteiger partial charge on any atom is 0.133 e. The van der Waals surface area contributed by atoms with Crippen molar-refractivity contribution in [2.45, 2.75) is 13.5 Å². The van der Waals surface area contributed by atoms with Crippen molar-refractivity contribution in [1.82, 2.24) is 9.47 Å². The van der Waals surface area contributed by atoms with Gasteiger partial charge < -0.3 is 20.1 Å². The number of nitrogen functional groups attached to an aromatic ring is 1. The molecule has 126 valence electrons. The molecular formula is C18H22ClN5. The number of benzene rings is 1. The zero-order valence-electron chi connectivity index (χ0n) is 13.9. The minimum atomic E-state index is 0.593. The predicted octanol–water partition coefficient (Wildman–Crippen LogP) is 2.79. The highest BCUT2D eigenvalue weighted by molar-refractivity contribution is 6.30. The Morgan fingerprint density at radius 1 is 1.17 bits per heavy atom. The molecule has 2 heterocycles. The third kappa shape index (κ3) is 3.35. The molecule has 0 radical (unpaired) electrons. The molecule has 0 atom stereocenters. The molecule has 1 aliphatic rings. The number of anilines is 2. The highest BCUT2D eigenvalue weighted by atomic mass is 35.5. The van der Waals surface area contributed by atoms with Gasteiger partial charge in [-0.2, -0.15) is 5.26 Å². The summed E-state index contributed by atoms with van der Waals surface area (Å²) < 4.78 is 2.01. The van der Waals surface area contributed by atoms with E-state index in [-0.39, 0.29) is 0 Å². The van der Waals surface area contributed by atoms with Crippen molar-refractivity contribution in [2.24, 2.45) is 0 Å². The number of likely N-dealkylation sites (N-methyl/N-ethyl adjacent to an activating group) is 1.